The van der Waals surface area contributed by atoms with E-state index in [1.54, 1.807) is 21.9 Å². The van der Waals surface area contributed by atoms with Crippen molar-refractivity contribution < 1.29 is 14.5 Å². The van der Waals surface area contributed by atoms with Gasteiger partial charge < -0.3 is 20.2 Å². The third-order valence-electron chi connectivity index (χ3n) is 5.81. The van der Waals surface area contributed by atoms with E-state index in [4.69, 9.17) is 23.2 Å². The van der Waals surface area contributed by atoms with Gasteiger partial charge in [-0.1, -0.05) is 35.3 Å². The standard InChI is InChI=1S/C22H28Cl2N4O2/c1-15(25-22(30)27(3)17-8-11-26(2)12-9-17)18-6-7-19(21(24)20(18)23)16-5-4-10-28(13-16)14-29/h4-7,10,13,15,17,29H,8-9,11-12,14H2,1-3H3/p+1. The van der Waals surface area contributed by atoms with Crippen molar-refractivity contribution in [3.05, 3.63) is 52.3 Å². The number of pyridine rings is 1. The molecule has 1 saturated heterocycles. The molecule has 0 saturated carbocycles. The van der Waals surface area contributed by atoms with Gasteiger partial charge in [0.15, 0.2) is 12.4 Å². The number of hydrogen-bond donors (Lipinski definition) is 2. The number of benzene rings is 1. The van der Waals surface area contributed by atoms with Crippen molar-refractivity contribution in [1.29, 1.82) is 0 Å². The third-order valence-corrected chi connectivity index (χ3v) is 6.70. The summed E-state index contributed by atoms with van der Waals surface area (Å²) in [7, 11) is 3.95. The summed E-state index contributed by atoms with van der Waals surface area (Å²) in [5, 5.41) is 13.2. The van der Waals surface area contributed by atoms with E-state index in [1.807, 2.05) is 38.2 Å². The molecule has 0 aliphatic carbocycles. The molecule has 2 heterocycles. The molecule has 0 bridgehead atoms. The molecule has 0 spiro atoms. The van der Waals surface area contributed by atoms with Gasteiger partial charge in [-0.2, -0.15) is 4.57 Å². The molecule has 2 N–H and O–H groups in total. The lowest BCUT2D eigenvalue weighted by molar-refractivity contribution is -0.729. The number of halogens is 2. The lowest BCUT2D eigenvalue weighted by Crippen LogP contribution is -2.48. The second kappa shape index (κ2) is 9.96. The Labute approximate surface area is 188 Å². The molecule has 1 fully saturated rings. The Bertz CT molecular complexity index is 901. The minimum Gasteiger partial charge on any atom is -0.339 e. The highest BCUT2D eigenvalue weighted by Gasteiger charge is 2.26. The predicted octanol–water partition coefficient (Wildman–Crippen LogP) is 3.69. The van der Waals surface area contributed by atoms with Crippen molar-refractivity contribution in [2.24, 2.45) is 0 Å². The molecule has 1 aliphatic rings. The van der Waals surface area contributed by atoms with E-state index < -0.39 is 0 Å². The smallest absolute Gasteiger partial charge is 0.317 e. The summed E-state index contributed by atoms with van der Waals surface area (Å²) in [4.78, 5) is 16.8. The van der Waals surface area contributed by atoms with Crippen molar-refractivity contribution >= 4 is 29.2 Å². The topological polar surface area (TPSA) is 59.7 Å². The van der Waals surface area contributed by atoms with Crippen LogP contribution in [0.1, 0.15) is 31.4 Å². The van der Waals surface area contributed by atoms with Gasteiger partial charge in [0.25, 0.3) is 0 Å². The highest BCUT2D eigenvalue weighted by molar-refractivity contribution is 6.44. The van der Waals surface area contributed by atoms with Crippen LogP contribution < -0.4 is 9.88 Å². The van der Waals surface area contributed by atoms with Crippen LogP contribution in [-0.4, -0.2) is 54.2 Å². The quantitative estimate of drug-likeness (QED) is 0.681. The summed E-state index contributed by atoms with van der Waals surface area (Å²) in [5.74, 6) is 0. The van der Waals surface area contributed by atoms with Crippen LogP contribution in [0.3, 0.4) is 0 Å². The molecule has 2 amide bonds. The highest BCUT2D eigenvalue weighted by atomic mass is 35.5. The van der Waals surface area contributed by atoms with Crippen molar-refractivity contribution in [2.75, 3.05) is 27.2 Å². The molecule has 3 rings (SSSR count). The Morgan fingerprint density at radius 2 is 2.00 bits per heavy atom. The largest absolute Gasteiger partial charge is 0.339 e. The van der Waals surface area contributed by atoms with Crippen LogP contribution in [0.25, 0.3) is 11.1 Å². The summed E-state index contributed by atoms with van der Waals surface area (Å²) >= 11 is 13.2. The molecule has 1 aromatic heterocycles. The van der Waals surface area contributed by atoms with E-state index >= 15 is 0 Å². The van der Waals surface area contributed by atoms with Crippen molar-refractivity contribution in [1.82, 2.24) is 15.1 Å². The van der Waals surface area contributed by atoms with E-state index in [1.165, 1.54) is 0 Å². The van der Waals surface area contributed by atoms with E-state index in [0.29, 0.717) is 10.0 Å². The van der Waals surface area contributed by atoms with Gasteiger partial charge in [0.1, 0.15) is 0 Å². The number of aromatic nitrogens is 1. The lowest BCUT2D eigenvalue weighted by Gasteiger charge is -2.35. The number of urea groups is 1. The van der Waals surface area contributed by atoms with Crippen molar-refractivity contribution in [3.63, 3.8) is 0 Å². The molecule has 1 aromatic carbocycles. The Kier molecular flexibility index (Phi) is 7.58. The zero-order chi connectivity index (χ0) is 21.8. The monoisotopic (exact) mass is 451 g/mol. The van der Waals surface area contributed by atoms with Gasteiger partial charge in [-0.05, 0) is 51.5 Å². The van der Waals surface area contributed by atoms with Crippen molar-refractivity contribution in [3.8, 4) is 11.1 Å². The first-order valence-corrected chi connectivity index (χ1v) is 10.9. The molecule has 1 unspecified atom stereocenters. The molecule has 8 heteroatoms. The molecule has 1 aliphatic heterocycles. The average Bonchev–Trinajstić information content (AvgIpc) is 2.75. The second-order valence-corrected chi connectivity index (χ2v) is 8.65. The zero-order valence-electron chi connectivity index (χ0n) is 17.6. The summed E-state index contributed by atoms with van der Waals surface area (Å²) in [6.45, 7) is 3.78. The fourth-order valence-corrected chi connectivity index (χ4v) is 4.41. The molecule has 6 nitrogen and oxygen atoms in total. The van der Waals surface area contributed by atoms with Crippen LogP contribution in [-0.2, 0) is 6.73 Å². The van der Waals surface area contributed by atoms with Crippen molar-refractivity contribution in [2.45, 2.75) is 38.6 Å². The van der Waals surface area contributed by atoms with Gasteiger partial charge in [0.05, 0.1) is 16.1 Å². The molecule has 1 atom stereocenters. The minimum absolute atomic E-state index is 0.111. The van der Waals surface area contributed by atoms with Crippen LogP contribution in [0.15, 0.2) is 36.7 Å². The van der Waals surface area contributed by atoms with Gasteiger partial charge in [0.2, 0.25) is 6.73 Å². The van der Waals surface area contributed by atoms with Gasteiger partial charge >= 0.3 is 6.03 Å². The average molecular weight is 452 g/mol. The summed E-state index contributed by atoms with van der Waals surface area (Å²) in [6.07, 6.45) is 5.52. The highest BCUT2D eigenvalue weighted by Crippen LogP contribution is 2.37. The van der Waals surface area contributed by atoms with E-state index in [0.717, 1.165) is 42.6 Å². The number of aliphatic hydroxyl groups is 1. The number of carbonyl (C=O) groups is 1. The van der Waals surface area contributed by atoms with Crippen LogP contribution in [0.4, 0.5) is 4.79 Å². The van der Waals surface area contributed by atoms with E-state index in [-0.39, 0.29) is 24.8 Å². The summed E-state index contributed by atoms with van der Waals surface area (Å²) in [5.41, 5.74) is 2.39. The Morgan fingerprint density at radius 1 is 1.30 bits per heavy atom. The van der Waals surface area contributed by atoms with Gasteiger partial charge in [-0.25, -0.2) is 4.79 Å². The fourth-order valence-electron chi connectivity index (χ4n) is 3.80. The van der Waals surface area contributed by atoms with Crippen LogP contribution in [0.5, 0.6) is 0 Å². The maximum atomic E-state index is 12.8. The zero-order valence-corrected chi connectivity index (χ0v) is 19.1. The maximum absolute atomic E-state index is 12.8. The van der Waals surface area contributed by atoms with Gasteiger partial charge in [-0.3, -0.25) is 0 Å². The molecular formula is C22H29Cl2N4O2+. The SMILES string of the molecule is CC(NC(=O)N(C)C1CCN(C)CC1)c1ccc(-c2ccc[n+](CO)c2)c(Cl)c1Cl. The first kappa shape index (κ1) is 22.8. The maximum Gasteiger partial charge on any atom is 0.317 e. The van der Waals surface area contributed by atoms with E-state index in [2.05, 4.69) is 17.3 Å². The Morgan fingerprint density at radius 3 is 2.67 bits per heavy atom. The number of rotatable bonds is 5. The molecule has 2 aromatic rings. The number of likely N-dealkylation sites (tertiary alicyclic amines) is 1. The molecule has 0 radical (unpaired) electrons. The third kappa shape index (κ3) is 5.06. The first-order chi connectivity index (χ1) is 14.3. The summed E-state index contributed by atoms with van der Waals surface area (Å²) < 4.78 is 1.65. The van der Waals surface area contributed by atoms with Crippen LogP contribution in [0, 0.1) is 0 Å². The normalized spacial score (nSPS) is 16.3. The number of aliphatic hydroxyl groups excluding tert-OH is 1. The fraction of sp³-hybridized carbons (Fsp3) is 0.455. The van der Waals surface area contributed by atoms with E-state index in [9.17, 15) is 9.90 Å². The number of piperidine rings is 1. The minimum atomic E-state index is -0.289. The molecular weight excluding hydrogens is 423 g/mol. The second-order valence-electron chi connectivity index (χ2n) is 7.90. The Hall–Kier alpha value is -1.86. The lowest BCUT2D eigenvalue weighted by atomic mass is 10.0. The number of carbonyl (C=O) groups excluding carboxylic acids is 1. The van der Waals surface area contributed by atoms with Crippen LogP contribution in [0.2, 0.25) is 10.0 Å². The first-order valence-electron chi connectivity index (χ1n) is 10.1. The number of amides is 2. The van der Waals surface area contributed by atoms with Gasteiger partial charge in [0, 0.05) is 30.3 Å². The summed E-state index contributed by atoms with van der Waals surface area (Å²) in [6, 6.07) is 7.37. The predicted molar refractivity (Wildman–Crippen MR) is 120 cm³/mol. The number of nitrogens with one attached hydrogen (secondary N) is 1. The molecule has 162 valence electrons. The molecule has 30 heavy (non-hydrogen) atoms. The Balaban J connectivity index is 1.73. The number of hydrogen-bond acceptors (Lipinski definition) is 3. The number of nitrogens with zero attached hydrogens (tertiary/aromatic N) is 3. The van der Waals surface area contributed by atoms with Crippen LogP contribution >= 0.6 is 23.2 Å². The van der Waals surface area contributed by atoms with Gasteiger partial charge in [-0.15, -0.1) is 0 Å².